The molecule has 0 saturated carbocycles. The second-order valence-electron chi connectivity index (χ2n) is 5.31. The first-order valence-electron chi connectivity index (χ1n) is 6.40. The molecule has 3 rings (SSSR count). The highest BCUT2D eigenvalue weighted by Crippen LogP contribution is 2.40. The normalized spacial score (nSPS) is 11.6. The Morgan fingerprint density at radius 3 is 2.06 bits per heavy atom. The number of rotatable bonds is 0. The summed E-state index contributed by atoms with van der Waals surface area (Å²) < 4.78 is 2.92. The molecule has 0 unspecified atom stereocenters. The second kappa shape index (κ2) is 3.83. The smallest absolute Gasteiger partial charge is 0.0387 e. The first-order valence-corrected chi connectivity index (χ1v) is 7.21. The lowest BCUT2D eigenvalue weighted by Crippen LogP contribution is -1.85. The predicted molar refractivity (Wildman–Crippen MR) is 83.0 cm³/mol. The number of fused-ring (bicyclic) bond motifs is 3. The van der Waals surface area contributed by atoms with Gasteiger partial charge in [-0.2, -0.15) is 0 Å². The van der Waals surface area contributed by atoms with E-state index in [1.165, 1.54) is 48.0 Å². The minimum absolute atomic E-state index is 1.39. The van der Waals surface area contributed by atoms with Crippen molar-refractivity contribution in [3.63, 3.8) is 0 Å². The molecule has 0 nitrogen and oxygen atoms in total. The van der Waals surface area contributed by atoms with Gasteiger partial charge in [0.2, 0.25) is 0 Å². The molecule has 0 aliphatic rings. The molecule has 0 fully saturated rings. The lowest BCUT2D eigenvalue weighted by atomic mass is 9.99. The van der Waals surface area contributed by atoms with Gasteiger partial charge in [0, 0.05) is 20.2 Å². The van der Waals surface area contributed by atoms with Crippen molar-refractivity contribution in [3.8, 4) is 0 Å². The van der Waals surface area contributed by atoms with Crippen LogP contribution in [-0.4, -0.2) is 0 Å². The van der Waals surface area contributed by atoms with Crippen molar-refractivity contribution in [1.29, 1.82) is 0 Å². The quantitative estimate of drug-likeness (QED) is 0.490. The summed E-state index contributed by atoms with van der Waals surface area (Å²) >= 11 is 1.95. The fourth-order valence-corrected chi connectivity index (χ4v) is 4.02. The third kappa shape index (κ3) is 1.44. The number of thiophene rings is 1. The monoisotopic (exact) mass is 254 g/mol. The lowest BCUT2D eigenvalue weighted by Gasteiger charge is -2.05. The van der Waals surface area contributed by atoms with Gasteiger partial charge in [-0.1, -0.05) is 12.1 Å². The first kappa shape index (κ1) is 11.7. The summed E-state index contributed by atoms with van der Waals surface area (Å²) in [6.07, 6.45) is 0. The average Bonchev–Trinajstić information content (AvgIpc) is 2.71. The summed E-state index contributed by atoms with van der Waals surface area (Å²) in [7, 11) is 0. The van der Waals surface area contributed by atoms with Crippen molar-refractivity contribution >= 4 is 31.5 Å². The van der Waals surface area contributed by atoms with Crippen LogP contribution in [0.1, 0.15) is 27.8 Å². The van der Waals surface area contributed by atoms with E-state index in [4.69, 9.17) is 0 Å². The Labute approximate surface area is 112 Å². The maximum atomic E-state index is 2.35. The van der Waals surface area contributed by atoms with E-state index in [1.54, 1.807) is 0 Å². The molecule has 0 N–H and O–H groups in total. The van der Waals surface area contributed by atoms with Gasteiger partial charge in [-0.25, -0.2) is 0 Å². The first-order chi connectivity index (χ1) is 8.50. The molecular formula is C17H18S. The number of benzene rings is 2. The topological polar surface area (TPSA) is 0 Å². The van der Waals surface area contributed by atoms with Crippen LogP contribution >= 0.6 is 11.3 Å². The fourth-order valence-electron chi connectivity index (χ4n) is 2.63. The Bertz CT molecular complexity index is 775. The van der Waals surface area contributed by atoms with E-state index in [-0.39, 0.29) is 0 Å². The van der Waals surface area contributed by atoms with Gasteiger partial charge in [0.25, 0.3) is 0 Å². The van der Waals surface area contributed by atoms with Gasteiger partial charge in [0.15, 0.2) is 0 Å². The molecule has 18 heavy (non-hydrogen) atoms. The largest absolute Gasteiger partial charge is 0.135 e. The van der Waals surface area contributed by atoms with Crippen LogP contribution in [0.2, 0.25) is 0 Å². The van der Waals surface area contributed by atoms with E-state index in [9.17, 15) is 0 Å². The van der Waals surface area contributed by atoms with E-state index >= 15 is 0 Å². The summed E-state index contributed by atoms with van der Waals surface area (Å²) in [5, 5.41) is 2.85. The number of aryl methyl sites for hydroxylation is 4. The van der Waals surface area contributed by atoms with E-state index in [2.05, 4.69) is 52.8 Å². The van der Waals surface area contributed by atoms with E-state index in [1.807, 2.05) is 11.3 Å². The predicted octanol–water partition coefficient (Wildman–Crippen LogP) is 5.60. The van der Waals surface area contributed by atoms with E-state index < -0.39 is 0 Å². The summed E-state index contributed by atoms with van der Waals surface area (Å²) in [6.45, 7) is 11.1. The minimum Gasteiger partial charge on any atom is -0.135 e. The van der Waals surface area contributed by atoms with Crippen LogP contribution in [0, 0.1) is 34.6 Å². The Hall–Kier alpha value is -1.34. The van der Waals surface area contributed by atoms with Crippen LogP contribution in [0.3, 0.4) is 0 Å². The van der Waals surface area contributed by atoms with Crippen LogP contribution in [0.5, 0.6) is 0 Å². The van der Waals surface area contributed by atoms with Gasteiger partial charge >= 0.3 is 0 Å². The van der Waals surface area contributed by atoms with Crippen LogP contribution < -0.4 is 0 Å². The molecule has 2 aromatic carbocycles. The zero-order valence-corrected chi connectivity index (χ0v) is 12.5. The molecule has 0 spiro atoms. The zero-order chi connectivity index (χ0) is 13.0. The molecule has 3 aromatic rings. The standard InChI is InChI=1S/C17H18S/c1-9-6-7-14-15-8-10(2)11(3)13(5)17(15)18-16(14)12(9)4/h6-8H,1-5H3. The lowest BCUT2D eigenvalue weighted by molar-refractivity contribution is 1.31. The van der Waals surface area contributed by atoms with E-state index in [0.29, 0.717) is 0 Å². The van der Waals surface area contributed by atoms with Gasteiger partial charge in [-0.05, 0) is 68.5 Å². The van der Waals surface area contributed by atoms with Gasteiger partial charge in [-0.3, -0.25) is 0 Å². The summed E-state index contributed by atoms with van der Waals surface area (Å²) in [5.74, 6) is 0. The number of hydrogen-bond donors (Lipinski definition) is 0. The second-order valence-corrected chi connectivity index (χ2v) is 6.33. The van der Waals surface area contributed by atoms with Crippen molar-refractivity contribution in [2.24, 2.45) is 0 Å². The molecule has 92 valence electrons. The van der Waals surface area contributed by atoms with Crippen molar-refractivity contribution in [2.45, 2.75) is 34.6 Å². The summed E-state index contributed by atoms with van der Waals surface area (Å²) in [4.78, 5) is 0. The highest BCUT2D eigenvalue weighted by molar-refractivity contribution is 7.26. The van der Waals surface area contributed by atoms with Crippen molar-refractivity contribution < 1.29 is 0 Å². The van der Waals surface area contributed by atoms with Crippen molar-refractivity contribution in [3.05, 3.63) is 46.0 Å². The van der Waals surface area contributed by atoms with Gasteiger partial charge < -0.3 is 0 Å². The maximum absolute atomic E-state index is 2.35. The molecule has 0 amide bonds. The molecular weight excluding hydrogens is 236 g/mol. The van der Waals surface area contributed by atoms with Gasteiger partial charge in [0.1, 0.15) is 0 Å². The Morgan fingerprint density at radius 1 is 0.667 bits per heavy atom. The molecule has 0 saturated heterocycles. The van der Waals surface area contributed by atoms with Crippen LogP contribution in [0.25, 0.3) is 20.2 Å². The van der Waals surface area contributed by atoms with Crippen molar-refractivity contribution in [2.75, 3.05) is 0 Å². The van der Waals surface area contributed by atoms with E-state index in [0.717, 1.165) is 0 Å². The van der Waals surface area contributed by atoms with Crippen LogP contribution in [0.15, 0.2) is 18.2 Å². The summed E-state index contributed by atoms with van der Waals surface area (Å²) in [6, 6.07) is 6.88. The molecule has 0 atom stereocenters. The average molecular weight is 254 g/mol. The Balaban J connectivity index is 2.59. The molecule has 1 heteroatoms. The number of hydrogen-bond acceptors (Lipinski definition) is 1. The molecule has 0 radical (unpaired) electrons. The molecule has 1 aromatic heterocycles. The SMILES string of the molecule is Cc1cc2c(sc3c(C)c(C)ccc32)c(C)c1C. The molecule has 1 heterocycles. The highest BCUT2D eigenvalue weighted by atomic mass is 32.1. The fraction of sp³-hybridized carbons (Fsp3) is 0.294. The molecule has 0 aliphatic heterocycles. The van der Waals surface area contributed by atoms with Crippen molar-refractivity contribution in [1.82, 2.24) is 0 Å². The minimum atomic E-state index is 1.39. The maximum Gasteiger partial charge on any atom is 0.0387 e. The Morgan fingerprint density at radius 2 is 1.33 bits per heavy atom. The highest BCUT2D eigenvalue weighted by Gasteiger charge is 2.12. The van der Waals surface area contributed by atoms with Crippen LogP contribution in [0.4, 0.5) is 0 Å². The third-order valence-electron chi connectivity index (χ3n) is 4.27. The zero-order valence-electron chi connectivity index (χ0n) is 11.6. The summed E-state index contributed by atoms with van der Waals surface area (Å²) in [5.41, 5.74) is 7.10. The molecule has 0 bridgehead atoms. The Kier molecular flexibility index (Phi) is 2.49. The van der Waals surface area contributed by atoms with Gasteiger partial charge in [-0.15, -0.1) is 11.3 Å². The molecule has 0 aliphatic carbocycles. The van der Waals surface area contributed by atoms with Crippen LogP contribution in [-0.2, 0) is 0 Å². The third-order valence-corrected chi connectivity index (χ3v) is 5.73. The van der Waals surface area contributed by atoms with Gasteiger partial charge in [0.05, 0.1) is 0 Å².